The van der Waals surface area contributed by atoms with Gasteiger partial charge < -0.3 is 15.0 Å². The van der Waals surface area contributed by atoms with Gasteiger partial charge in [0.15, 0.2) is 0 Å². The summed E-state index contributed by atoms with van der Waals surface area (Å²) < 4.78 is 4.93. The third-order valence-corrected chi connectivity index (χ3v) is 4.71. The predicted molar refractivity (Wildman–Crippen MR) is 82.4 cm³/mol. The van der Waals surface area contributed by atoms with Crippen LogP contribution in [0.2, 0.25) is 0 Å². The molecule has 0 unspecified atom stereocenters. The molecule has 1 aromatic rings. The highest BCUT2D eigenvalue weighted by atomic mass is 32.1. The van der Waals surface area contributed by atoms with E-state index in [4.69, 9.17) is 4.74 Å². The van der Waals surface area contributed by atoms with Gasteiger partial charge in [-0.1, -0.05) is 6.07 Å². The maximum absolute atomic E-state index is 12.5. The van der Waals surface area contributed by atoms with E-state index in [0.717, 1.165) is 17.7 Å². The van der Waals surface area contributed by atoms with Gasteiger partial charge in [0.05, 0.1) is 17.4 Å². The molecule has 2 atom stereocenters. The molecule has 1 aliphatic rings. The maximum Gasteiger partial charge on any atom is 0.264 e. The number of nitrogens with zero attached hydrogens (tertiary/aromatic N) is 1. The molecule has 116 valence electrons. The summed E-state index contributed by atoms with van der Waals surface area (Å²) in [6, 6.07) is 3.89. The smallest absolute Gasteiger partial charge is 0.264 e. The molecule has 0 saturated carbocycles. The van der Waals surface area contributed by atoms with E-state index in [9.17, 15) is 9.59 Å². The quantitative estimate of drug-likeness (QED) is 0.843. The molecule has 1 aromatic heterocycles. The molecule has 1 saturated heterocycles. The Balaban J connectivity index is 1.96. The van der Waals surface area contributed by atoms with Gasteiger partial charge >= 0.3 is 0 Å². The van der Waals surface area contributed by atoms with Crippen LogP contribution >= 0.6 is 11.3 Å². The summed E-state index contributed by atoms with van der Waals surface area (Å²) >= 11 is 1.44. The lowest BCUT2D eigenvalue weighted by atomic mass is 9.92. The summed E-state index contributed by atoms with van der Waals surface area (Å²) in [5.74, 6) is -0.0724. The molecule has 1 fully saturated rings. The number of ether oxygens (including phenoxy) is 1. The fraction of sp³-hybridized carbons (Fsp3) is 0.600. The van der Waals surface area contributed by atoms with Crippen molar-refractivity contribution in [2.75, 3.05) is 26.8 Å². The molecule has 5 nitrogen and oxygen atoms in total. The first-order valence-corrected chi connectivity index (χ1v) is 8.12. The highest BCUT2D eigenvalue weighted by Crippen LogP contribution is 2.25. The van der Waals surface area contributed by atoms with E-state index in [1.807, 2.05) is 29.3 Å². The van der Waals surface area contributed by atoms with Crippen molar-refractivity contribution in [1.82, 2.24) is 10.2 Å². The lowest BCUT2D eigenvalue weighted by molar-refractivity contribution is -0.126. The van der Waals surface area contributed by atoms with Crippen LogP contribution < -0.4 is 5.32 Å². The van der Waals surface area contributed by atoms with Gasteiger partial charge in [-0.25, -0.2) is 0 Å². The van der Waals surface area contributed by atoms with Gasteiger partial charge in [-0.2, -0.15) is 0 Å². The fourth-order valence-electron chi connectivity index (χ4n) is 2.57. The Morgan fingerprint density at radius 3 is 2.95 bits per heavy atom. The predicted octanol–water partition coefficient (Wildman–Crippen LogP) is 1.75. The molecule has 0 radical (unpaired) electrons. The highest BCUT2D eigenvalue weighted by Gasteiger charge is 2.33. The van der Waals surface area contributed by atoms with Crippen molar-refractivity contribution >= 4 is 23.2 Å². The summed E-state index contributed by atoms with van der Waals surface area (Å²) in [5.41, 5.74) is 0. The van der Waals surface area contributed by atoms with E-state index >= 15 is 0 Å². The van der Waals surface area contributed by atoms with Crippen molar-refractivity contribution in [3.63, 3.8) is 0 Å². The number of carbonyl (C=O) groups excluding carboxylic acids is 2. The normalized spacial score (nSPS) is 22.1. The number of thiophene rings is 1. The molecule has 2 rings (SSSR count). The van der Waals surface area contributed by atoms with E-state index in [1.54, 1.807) is 7.11 Å². The molecule has 2 amide bonds. The molecule has 0 spiro atoms. The molecule has 1 N–H and O–H groups in total. The van der Waals surface area contributed by atoms with Crippen LogP contribution in [0.3, 0.4) is 0 Å². The number of nitrogens with one attached hydrogen (secondary N) is 1. The topological polar surface area (TPSA) is 58.6 Å². The third kappa shape index (κ3) is 4.04. The van der Waals surface area contributed by atoms with Crippen LogP contribution in [-0.4, -0.2) is 49.6 Å². The van der Waals surface area contributed by atoms with Crippen LogP contribution in [0.15, 0.2) is 17.5 Å². The van der Waals surface area contributed by atoms with Crippen LogP contribution in [0.1, 0.15) is 29.4 Å². The first kappa shape index (κ1) is 16.0. The molecule has 21 heavy (non-hydrogen) atoms. The van der Waals surface area contributed by atoms with Crippen molar-refractivity contribution in [2.45, 2.75) is 25.8 Å². The van der Waals surface area contributed by atoms with Crippen molar-refractivity contribution in [3.05, 3.63) is 22.4 Å². The Bertz CT molecular complexity index is 475. The average molecular weight is 310 g/mol. The molecule has 2 heterocycles. The molecule has 0 aliphatic carbocycles. The van der Waals surface area contributed by atoms with Gasteiger partial charge in [-0.3, -0.25) is 9.59 Å². The van der Waals surface area contributed by atoms with Crippen molar-refractivity contribution < 1.29 is 14.3 Å². The third-order valence-electron chi connectivity index (χ3n) is 3.85. The minimum Gasteiger partial charge on any atom is -0.383 e. The van der Waals surface area contributed by atoms with Gasteiger partial charge in [0.2, 0.25) is 5.91 Å². The molecular weight excluding hydrogens is 288 g/mol. The number of hydrogen-bond acceptors (Lipinski definition) is 4. The summed E-state index contributed by atoms with van der Waals surface area (Å²) in [4.78, 5) is 27.2. The largest absolute Gasteiger partial charge is 0.383 e. The number of amides is 2. The number of carbonyl (C=O) groups is 2. The fourth-order valence-corrected chi connectivity index (χ4v) is 3.25. The van der Waals surface area contributed by atoms with Gasteiger partial charge in [0, 0.05) is 26.2 Å². The summed E-state index contributed by atoms with van der Waals surface area (Å²) in [5, 5.41) is 4.76. The van der Waals surface area contributed by atoms with Gasteiger partial charge in [-0.15, -0.1) is 11.3 Å². The summed E-state index contributed by atoms with van der Waals surface area (Å²) in [6.07, 6.45) is 1.69. The maximum atomic E-state index is 12.5. The zero-order chi connectivity index (χ0) is 15.2. The second-order valence-electron chi connectivity index (χ2n) is 5.34. The lowest BCUT2D eigenvalue weighted by Crippen LogP contribution is -2.49. The van der Waals surface area contributed by atoms with Crippen LogP contribution in [0, 0.1) is 5.92 Å². The number of likely N-dealkylation sites (tertiary alicyclic amines) is 1. The monoisotopic (exact) mass is 310 g/mol. The average Bonchev–Trinajstić information content (AvgIpc) is 3.01. The molecule has 0 aromatic carbocycles. The molecule has 0 bridgehead atoms. The second-order valence-corrected chi connectivity index (χ2v) is 6.29. The van der Waals surface area contributed by atoms with Gasteiger partial charge in [0.1, 0.15) is 0 Å². The van der Waals surface area contributed by atoms with E-state index in [-0.39, 0.29) is 23.8 Å². The molecule has 1 aliphatic heterocycles. The van der Waals surface area contributed by atoms with E-state index in [2.05, 4.69) is 5.32 Å². The first-order valence-electron chi connectivity index (χ1n) is 7.24. The van der Waals surface area contributed by atoms with Gasteiger partial charge in [-0.05, 0) is 31.2 Å². The lowest BCUT2D eigenvalue weighted by Gasteiger charge is -2.37. The van der Waals surface area contributed by atoms with Crippen LogP contribution in [0.4, 0.5) is 0 Å². The van der Waals surface area contributed by atoms with E-state index < -0.39 is 0 Å². The zero-order valence-corrected chi connectivity index (χ0v) is 13.3. The minimum absolute atomic E-state index is 0.0166. The SMILES string of the molecule is COCCNC(=O)[C@H]1CC[C@@H](C)N(C(=O)c2cccs2)C1. The Morgan fingerprint density at radius 2 is 2.29 bits per heavy atom. The summed E-state index contributed by atoms with van der Waals surface area (Å²) in [6.45, 7) is 3.56. The van der Waals surface area contributed by atoms with Gasteiger partial charge in [0.25, 0.3) is 5.91 Å². The Hall–Kier alpha value is -1.40. The Kier molecular flexibility index (Phi) is 5.76. The van der Waals surface area contributed by atoms with Crippen molar-refractivity contribution in [1.29, 1.82) is 0 Å². The first-order chi connectivity index (χ1) is 10.1. The minimum atomic E-state index is -0.123. The number of methoxy groups -OCH3 is 1. The van der Waals surface area contributed by atoms with Crippen LogP contribution in [0.25, 0.3) is 0 Å². The standard InChI is InChI=1S/C15H22N2O3S/c1-11-5-6-12(14(18)16-7-8-20-2)10-17(11)15(19)13-4-3-9-21-13/h3-4,9,11-12H,5-8,10H2,1-2H3,(H,16,18)/t11-,12+/m1/s1. The zero-order valence-electron chi connectivity index (χ0n) is 12.5. The van der Waals surface area contributed by atoms with Crippen LogP contribution in [-0.2, 0) is 9.53 Å². The molecule has 6 heteroatoms. The number of piperidine rings is 1. The highest BCUT2D eigenvalue weighted by molar-refractivity contribution is 7.12. The second kappa shape index (κ2) is 7.56. The van der Waals surface area contributed by atoms with E-state index in [0.29, 0.717) is 19.7 Å². The van der Waals surface area contributed by atoms with Crippen molar-refractivity contribution in [3.8, 4) is 0 Å². The number of rotatable bonds is 5. The van der Waals surface area contributed by atoms with Crippen LogP contribution in [0.5, 0.6) is 0 Å². The Labute approximate surface area is 129 Å². The van der Waals surface area contributed by atoms with E-state index in [1.165, 1.54) is 11.3 Å². The number of hydrogen-bond donors (Lipinski definition) is 1. The molecular formula is C15H22N2O3S. The Morgan fingerprint density at radius 1 is 1.48 bits per heavy atom. The summed E-state index contributed by atoms with van der Waals surface area (Å²) in [7, 11) is 1.61. The van der Waals surface area contributed by atoms with Crippen molar-refractivity contribution in [2.24, 2.45) is 5.92 Å².